The van der Waals surface area contributed by atoms with Gasteiger partial charge in [-0.15, -0.1) is 0 Å². The molecule has 10 heteroatoms. The van der Waals surface area contributed by atoms with E-state index in [0.29, 0.717) is 49.9 Å². The first kappa shape index (κ1) is 36.0. The second-order valence-corrected chi connectivity index (χ2v) is 11.1. The first-order chi connectivity index (χ1) is 18.1. The summed E-state index contributed by atoms with van der Waals surface area (Å²) in [6, 6.07) is 0. The Kier molecular flexibility index (Phi) is 16.9. The number of alkyl carbamates (subject to hydrolysis) is 1. The minimum absolute atomic E-state index is 0.181. The number of unbranched alkanes of at least 4 members (excludes halogenated alkanes) is 3. The van der Waals surface area contributed by atoms with Crippen LogP contribution in [0.2, 0.25) is 0 Å². The van der Waals surface area contributed by atoms with E-state index < -0.39 is 29.2 Å². The first-order valence-corrected chi connectivity index (χ1v) is 13.6. The van der Waals surface area contributed by atoms with Crippen LogP contribution in [-0.4, -0.2) is 73.6 Å². The van der Waals surface area contributed by atoms with Gasteiger partial charge in [0.15, 0.2) is 0 Å². The predicted molar refractivity (Wildman–Crippen MR) is 150 cm³/mol. The van der Waals surface area contributed by atoms with Crippen molar-refractivity contribution in [1.29, 1.82) is 0 Å². The third kappa shape index (κ3) is 18.8. The molecule has 0 aromatic heterocycles. The van der Waals surface area contributed by atoms with Crippen LogP contribution in [0.3, 0.4) is 0 Å². The van der Waals surface area contributed by atoms with Crippen LogP contribution in [0.15, 0.2) is 24.3 Å². The van der Waals surface area contributed by atoms with Crippen molar-refractivity contribution in [2.24, 2.45) is 0 Å². The first-order valence-electron chi connectivity index (χ1n) is 13.6. The van der Waals surface area contributed by atoms with Crippen molar-refractivity contribution in [3.8, 4) is 0 Å². The average Bonchev–Trinajstić information content (AvgIpc) is 2.82. The Morgan fingerprint density at radius 2 is 1.23 bits per heavy atom. The fourth-order valence-corrected chi connectivity index (χ4v) is 3.40. The Morgan fingerprint density at radius 3 is 1.69 bits per heavy atom. The van der Waals surface area contributed by atoms with E-state index >= 15 is 0 Å². The summed E-state index contributed by atoms with van der Waals surface area (Å²) < 4.78 is 21.4. The van der Waals surface area contributed by atoms with Gasteiger partial charge in [0.05, 0.1) is 13.2 Å². The second kappa shape index (κ2) is 18.3. The molecule has 10 nitrogen and oxygen atoms in total. The minimum atomic E-state index is -0.832. The number of nitrogens with zero attached hydrogens (tertiary/aromatic N) is 1. The number of hydrogen-bond acceptors (Lipinski definition) is 8. The highest BCUT2D eigenvalue weighted by atomic mass is 16.6. The summed E-state index contributed by atoms with van der Waals surface area (Å²) in [6.45, 7) is 19.0. The molecule has 39 heavy (non-hydrogen) atoms. The predicted octanol–water partition coefficient (Wildman–Crippen LogP) is 5.70. The average molecular weight is 555 g/mol. The molecule has 0 radical (unpaired) electrons. The molecule has 0 unspecified atom stereocenters. The van der Waals surface area contributed by atoms with E-state index in [1.165, 1.54) is 0 Å². The van der Waals surface area contributed by atoms with E-state index in [-0.39, 0.29) is 19.3 Å². The van der Waals surface area contributed by atoms with Gasteiger partial charge in [0.1, 0.15) is 11.2 Å². The number of ether oxygens (including phenoxy) is 4. The minimum Gasteiger partial charge on any atom is -0.462 e. The molecule has 0 rings (SSSR count). The van der Waals surface area contributed by atoms with Gasteiger partial charge in [0, 0.05) is 31.3 Å². The highest BCUT2D eigenvalue weighted by Crippen LogP contribution is 2.24. The van der Waals surface area contributed by atoms with Gasteiger partial charge in [-0.05, 0) is 80.1 Å². The van der Waals surface area contributed by atoms with Crippen molar-refractivity contribution in [3.05, 3.63) is 24.3 Å². The Balaban J connectivity index is 4.49. The van der Waals surface area contributed by atoms with Crippen LogP contribution in [0.1, 0.15) is 92.9 Å². The normalized spacial score (nSPS) is 11.3. The molecular formula is C29H50N2O8. The lowest BCUT2D eigenvalue weighted by atomic mass is 9.94. The zero-order valence-corrected chi connectivity index (χ0v) is 25.1. The van der Waals surface area contributed by atoms with Gasteiger partial charge in [-0.1, -0.05) is 26.0 Å². The van der Waals surface area contributed by atoms with E-state index in [1.807, 2.05) is 27.7 Å². The van der Waals surface area contributed by atoms with Gasteiger partial charge in [-0.25, -0.2) is 19.2 Å². The molecule has 0 aromatic rings. The summed E-state index contributed by atoms with van der Waals surface area (Å²) >= 11 is 0. The van der Waals surface area contributed by atoms with Crippen molar-refractivity contribution in [2.45, 2.75) is 104 Å². The van der Waals surface area contributed by atoms with Gasteiger partial charge in [-0.2, -0.15) is 0 Å². The van der Waals surface area contributed by atoms with E-state index in [2.05, 4.69) is 18.5 Å². The lowest BCUT2D eigenvalue weighted by Crippen LogP contribution is -2.38. The molecule has 0 aromatic carbocycles. The fourth-order valence-electron chi connectivity index (χ4n) is 3.40. The van der Waals surface area contributed by atoms with E-state index in [1.54, 1.807) is 25.8 Å². The second-order valence-electron chi connectivity index (χ2n) is 11.1. The largest absolute Gasteiger partial charge is 0.462 e. The zero-order valence-electron chi connectivity index (χ0n) is 25.1. The van der Waals surface area contributed by atoms with Gasteiger partial charge in [0.25, 0.3) is 0 Å². The van der Waals surface area contributed by atoms with Crippen molar-refractivity contribution in [1.82, 2.24) is 10.2 Å². The Hall–Kier alpha value is -3.04. The summed E-state index contributed by atoms with van der Waals surface area (Å²) in [5.74, 6) is -0.919. The SMILES string of the molecule is C=C(C)C(=O)OCCCC(C)(CCCOC(=O)C(=C)C)OC(=O)NCCCCCCN(C)C(=O)OC(C)(C)C. The molecule has 0 bridgehead atoms. The van der Waals surface area contributed by atoms with Crippen molar-refractivity contribution < 1.29 is 38.1 Å². The molecule has 0 fully saturated rings. The van der Waals surface area contributed by atoms with E-state index in [4.69, 9.17) is 18.9 Å². The van der Waals surface area contributed by atoms with Crippen LogP contribution >= 0.6 is 0 Å². The van der Waals surface area contributed by atoms with Crippen molar-refractivity contribution in [2.75, 3.05) is 33.4 Å². The van der Waals surface area contributed by atoms with Gasteiger partial charge >= 0.3 is 24.1 Å². The van der Waals surface area contributed by atoms with Crippen LogP contribution < -0.4 is 5.32 Å². The zero-order chi connectivity index (χ0) is 30.1. The molecule has 0 spiro atoms. The number of carbonyl (C=O) groups excluding carboxylic acids is 4. The summed E-state index contributed by atoms with van der Waals surface area (Å²) in [7, 11) is 1.72. The molecular weight excluding hydrogens is 504 g/mol. The number of nitrogens with one attached hydrogen (secondary N) is 1. The molecule has 0 aliphatic carbocycles. The van der Waals surface area contributed by atoms with E-state index in [9.17, 15) is 19.2 Å². The number of amides is 2. The maximum Gasteiger partial charge on any atom is 0.410 e. The van der Waals surface area contributed by atoms with Crippen LogP contribution in [0, 0.1) is 0 Å². The molecule has 0 heterocycles. The summed E-state index contributed by atoms with van der Waals surface area (Å²) in [6.07, 6.45) is 4.46. The van der Waals surface area contributed by atoms with Crippen LogP contribution in [-0.2, 0) is 28.5 Å². The highest BCUT2D eigenvalue weighted by Gasteiger charge is 2.28. The number of carbonyl (C=O) groups is 4. The van der Waals surface area contributed by atoms with Crippen LogP contribution in [0.4, 0.5) is 9.59 Å². The molecule has 0 aliphatic heterocycles. The summed E-state index contributed by atoms with van der Waals surface area (Å²) in [4.78, 5) is 49.3. The molecule has 0 aliphatic rings. The number of hydrogen-bond donors (Lipinski definition) is 1. The van der Waals surface area contributed by atoms with E-state index in [0.717, 1.165) is 25.7 Å². The van der Waals surface area contributed by atoms with Crippen molar-refractivity contribution >= 4 is 24.1 Å². The molecule has 0 atom stereocenters. The molecule has 0 saturated heterocycles. The number of rotatable bonds is 18. The quantitative estimate of drug-likeness (QED) is 0.0992. The lowest BCUT2D eigenvalue weighted by Gasteiger charge is -2.30. The lowest BCUT2D eigenvalue weighted by molar-refractivity contribution is -0.139. The number of esters is 2. The third-order valence-corrected chi connectivity index (χ3v) is 5.60. The van der Waals surface area contributed by atoms with Crippen molar-refractivity contribution in [3.63, 3.8) is 0 Å². The maximum atomic E-state index is 12.5. The fraction of sp³-hybridized carbons (Fsp3) is 0.724. The molecule has 0 saturated carbocycles. The summed E-state index contributed by atoms with van der Waals surface area (Å²) in [5, 5.41) is 2.79. The molecule has 224 valence electrons. The molecule has 2 amide bonds. The van der Waals surface area contributed by atoms with Crippen LogP contribution in [0.5, 0.6) is 0 Å². The smallest absolute Gasteiger partial charge is 0.410 e. The third-order valence-electron chi connectivity index (χ3n) is 5.60. The Labute approximate surface area is 234 Å². The van der Waals surface area contributed by atoms with Crippen LogP contribution in [0.25, 0.3) is 0 Å². The highest BCUT2D eigenvalue weighted by molar-refractivity contribution is 5.87. The monoisotopic (exact) mass is 554 g/mol. The van der Waals surface area contributed by atoms with Gasteiger partial charge < -0.3 is 29.2 Å². The Morgan fingerprint density at radius 1 is 0.744 bits per heavy atom. The Bertz CT molecular complexity index is 798. The van der Waals surface area contributed by atoms with Gasteiger partial charge in [0.2, 0.25) is 0 Å². The standard InChI is InChI=1S/C29H50N2O8/c1-22(2)24(32)36-20-14-16-29(8,17-15-21-37-25(33)23(3)4)38-26(34)30-18-12-10-11-13-19-31(9)27(35)39-28(5,6)7/h1,3,10-21H2,2,4-9H3,(H,30,34). The van der Waals surface area contributed by atoms with Gasteiger partial charge in [-0.3, -0.25) is 0 Å². The molecule has 1 N–H and O–H groups in total. The topological polar surface area (TPSA) is 120 Å². The summed E-state index contributed by atoms with van der Waals surface area (Å²) in [5.41, 5.74) is -0.705. The maximum absolute atomic E-state index is 12.5.